The summed E-state index contributed by atoms with van der Waals surface area (Å²) in [5, 5.41) is 1.57. The SMILES string of the molecule is CN(C[C@H](NN1CCOC1=O)c1ccccc1-c1ccccc1)c1ccc(Br)cc1. The Balaban J connectivity index is 1.67. The maximum absolute atomic E-state index is 12.1. The number of amides is 1. The quantitative estimate of drug-likeness (QED) is 0.517. The van der Waals surface area contributed by atoms with Gasteiger partial charge in [-0.25, -0.2) is 15.2 Å². The van der Waals surface area contributed by atoms with Crippen LogP contribution in [0.5, 0.6) is 0 Å². The molecule has 0 unspecified atom stereocenters. The second-order valence-electron chi connectivity index (χ2n) is 7.26. The van der Waals surface area contributed by atoms with Crippen molar-refractivity contribution < 1.29 is 9.53 Å². The number of halogens is 1. The van der Waals surface area contributed by atoms with Crippen molar-refractivity contribution in [1.29, 1.82) is 0 Å². The fourth-order valence-corrected chi connectivity index (χ4v) is 3.93. The fourth-order valence-electron chi connectivity index (χ4n) is 3.66. The van der Waals surface area contributed by atoms with E-state index in [-0.39, 0.29) is 12.1 Å². The first-order valence-corrected chi connectivity index (χ1v) is 10.7. The Bertz CT molecular complexity index is 995. The third-order valence-corrected chi connectivity index (χ3v) is 5.75. The molecule has 3 aromatic rings. The van der Waals surface area contributed by atoms with Gasteiger partial charge in [0.1, 0.15) is 6.61 Å². The molecule has 0 spiro atoms. The van der Waals surface area contributed by atoms with Gasteiger partial charge in [0.15, 0.2) is 0 Å². The second kappa shape index (κ2) is 9.32. The summed E-state index contributed by atoms with van der Waals surface area (Å²) in [5.74, 6) is 0. The van der Waals surface area contributed by atoms with Crippen LogP contribution in [0.3, 0.4) is 0 Å². The number of nitrogens with zero attached hydrogens (tertiary/aromatic N) is 2. The lowest BCUT2D eigenvalue weighted by molar-refractivity contribution is 0.139. The molecule has 1 aliphatic rings. The van der Waals surface area contributed by atoms with Crippen molar-refractivity contribution in [2.75, 3.05) is 31.6 Å². The number of anilines is 1. The number of likely N-dealkylation sites (N-methyl/N-ethyl adjacent to an activating group) is 1. The fraction of sp³-hybridized carbons (Fsp3) is 0.208. The highest BCUT2D eigenvalue weighted by molar-refractivity contribution is 9.10. The number of rotatable bonds is 7. The molecule has 1 heterocycles. The summed E-state index contributed by atoms with van der Waals surface area (Å²) in [7, 11) is 2.06. The molecular weight excluding hydrogens is 442 g/mol. The van der Waals surface area contributed by atoms with Crippen molar-refractivity contribution in [3.63, 3.8) is 0 Å². The van der Waals surface area contributed by atoms with Crippen molar-refractivity contribution in [2.45, 2.75) is 6.04 Å². The van der Waals surface area contributed by atoms with Gasteiger partial charge in [-0.2, -0.15) is 0 Å². The van der Waals surface area contributed by atoms with Crippen LogP contribution in [0.15, 0.2) is 83.3 Å². The Kier molecular flexibility index (Phi) is 6.35. The number of cyclic esters (lactones) is 1. The molecule has 0 bridgehead atoms. The lowest BCUT2D eigenvalue weighted by atomic mass is 9.94. The number of hydrazine groups is 1. The lowest BCUT2D eigenvalue weighted by Crippen LogP contribution is -2.45. The number of carbonyl (C=O) groups is 1. The van der Waals surface area contributed by atoms with Crippen molar-refractivity contribution in [1.82, 2.24) is 10.4 Å². The molecular formula is C24H24BrN3O2. The normalized spacial score (nSPS) is 14.5. The molecule has 4 rings (SSSR count). The van der Waals surface area contributed by atoms with Crippen LogP contribution in [-0.4, -0.2) is 37.8 Å². The zero-order chi connectivity index (χ0) is 20.9. The summed E-state index contributed by atoms with van der Waals surface area (Å²) in [5.41, 5.74) is 7.94. The molecule has 1 atom stereocenters. The van der Waals surface area contributed by atoms with Gasteiger partial charge in [0.25, 0.3) is 0 Å². The van der Waals surface area contributed by atoms with Crippen molar-refractivity contribution in [3.8, 4) is 11.1 Å². The van der Waals surface area contributed by atoms with Crippen LogP contribution < -0.4 is 10.3 Å². The van der Waals surface area contributed by atoms with Crippen LogP contribution in [0.1, 0.15) is 11.6 Å². The van der Waals surface area contributed by atoms with E-state index in [9.17, 15) is 4.79 Å². The maximum Gasteiger partial charge on any atom is 0.424 e. The topological polar surface area (TPSA) is 44.8 Å². The average Bonchev–Trinajstić information content (AvgIpc) is 3.18. The first-order chi connectivity index (χ1) is 14.6. The molecule has 3 aromatic carbocycles. The Labute approximate surface area is 185 Å². The standard InChI is InChI=1S/C24H24BrN3O2/c1-27(20-13-11-19(25)12-14-20)17-23(26-28-15-16-30-24(28)29)22-10-6-5-9-21(22)18-7-3-2-4-8-18/h2-14,23,26H,15-17H2,1H3/t23-/m0/s1. The summed E-state index contributed by atoms with van der Waals surface area (Å²) < 4.78 is 6.17. The summed E-state index contributed by atoms with van der Waals surface area (Å²) in [6.07, 6.45) is -0.330. The molecule has 1 saturated heterocycles. The zero-order valence-electron chi connectivity index (χ0n) is 16.8. The minimum Gasteiger partial charge on any atom is -0.447 e. The van der Waals surface area contributed by atoms with E-state index in [2.05, 4.69) is 69.7 Å². The van der Waals surface area contributed by atoms with Gasteiger partial charge in [0.2, 0.25) is 0 Å². The van der Waals surface area contributed by atoms with Gasteiger partial charge in [-0.05, 0) is 41.0 Å². The number of nitrogens with one attached hydrogen (secondary N) is 1. The van der Waals surface area contributed by atoms with E-state index in [0.29, 0.717) is 19.7 Å². The van der Waals surface area contributed by atoms with E-state index < -0.39 is 0 Å². The third-order valence-electron chi connectivity index (χ3n) is 5.22. The van der Waals surface area contributed by atoms with Crippen LogP contribution in [0.2, 0.25) is 0 Å². The van der Waals surface area contributed by atoms with Gasteiger partial charge >= 0.3 is 6.09 Å². The predicted molar refractivity (Wildman–Crippen MR) is 123 cm³/mol. The van der Waals surface area contributed by atoms with Gasteiger partial charge in [0.05, 0.1) is 12.6 Å². The molecule has 0 radical (unpaired) electrons. The molecule has 1 aliphatic heterocycles. The first-order valence-electron chi connectivity index (χ1n) is 9.93. The monoisotopic (exact) mass is 465 g/mol. The Morgan fingerprint density at radius 2 is 1.73 bits per heavy atom. The van der Waals surface area contributed by atoms with Gasteiger partial charge in [-0.15, -0.1) is 0 Å². The van der Waals surface area contributed by atoms with Gasteiger partial charge in [-0.1, -0.05) is 70.5 Å². The van der Waals surface area contributed by atoms with Gasteiger partial charge < -0.3 is 9.64 Å². The Morgan fingerprint density at radius 1 is 1.03 bits per heavy atom. The van der Waals surface area contributed by atoms with E-state index >= 15 is 0 Å². The molecule has 0 aromatic heterocycles. The number of hydrogen-bond donors (Lipinski definition) is 1. The number of hydrogen-bond acceptors (Lipinski definition) is 4. The van der Waals surface area contributed by atoms with Crippen LogP contribution in [0, 0.1) is 0 Å². The summed E-state index contributed by atoms with van der Waals surface area (Å²) >= 11 is 3.49. The van der Waals surface area contributed by atoms with Crippen LogP contribution in [0.4, 0.5) is 10.5 Å². The molecule has 30 heavy (non-hydrogen) atoms. The molecule has 6 heteroatoms. The number of benzene rings is 3. The van der Waals surface area contributed by atoms with Gasteiger partial charge in [-0.3, -0.25) is 0 Å². The van der Waals surface area contributed by atoms with E-state index in [1.54, 1.807) is 5.01 Å². The van der Waals surface area contributed by atoms with Crippen molar-refractivity contribution >= 4 is 27.7 Å². The second-order valence-corrected chi connectivity index (χ2v) is 8.17. The molecule has 1 N–H and O–H groups in total. The lowest BCUT2D eigenvalue weighted by Gasteiger charge is -2.31. The molecule has 1 fully saturated rings. The highest BCUT2D eigenvalue weighted by Gasteiger charge is 2.27. The maximum atomic E-state index is 12.1. The Hall–Kier alpha value is -2.83. The van der Waals surface area contributed by atoms with Crippen LogP contribution >= 0.6 is 15.9 Å². The molecule has 5 nitrogen and oxygen atoms in total. The molecule has 154 valence electrons. The Morgan fingerprint density at radius 3 is 2.43 bits per heavy atom. The number of carbonyl (C=O) groups excluding carboxylic acids is 1. The van der Waals surface area contributed by atoms with E-state index in [1.165, 1.54) is 0 Å². The van der Waals surface area contributed by atoms with Crippen molar-refractivity contribution in [2.24, 2.45) is 0 Å². The highest BCUT2D eigenvalue weighted by Crippen LogP contribution is 2.30. The van der Waals surface area contributed by atoms with Crippen LogP contribution in [0.25, 0.3) is 11.1 Å². The molecule has 0 aliphatic carbocycles. The van der Waals surface area contributed by atoms with E-state index in [0.717, 1.165) is 26.9 Å². The van der Waals surface area contributed by atoms with E-state index in [4.69, 9.17) is 4.74 Å². The largest absolute Gasteiger partial charge is 0.447 e. The molecule has 0 saturated carbocycles. The number of ether oxygens (including phenoxy) is 1. The average molecular weight is 466 g/mol. The molecule has 1 amide bonds. The smallest absolute Gasteiger partial charge is 0.424 e. The van der Waals surface area contributed by atoms with E-state index in [1.807, 2.05) is 42.5 Å². The third kappa shape index (κ3) is 4.66. The highest BCUT2D eigenvalue weighted by atomic mass is 79.9. The summed E-state index contributed by atoms with van der Waals surface area (Å²) in [6.45, 7) is 1.61. The minimum atomic E-state index is -0.330. The summed E-state index contributed by atoms with van der Waals surface area (Å²) in [4.78, 5) is 14.3. The van der Waals surface area contributed by atoms with Crippen LogP contribution in [-0.2, 0) is 4.74 Å². The summed E-state index contributed by atoms with van der Waals surface area (Å²) in [6, 6.07) is 26.8. The first kappa shape index (κ1) is 20.4. The predicted octanol–water partition coefficient (Wildman–Crippen LogP) is 5.25. The zero-order valence-corrected chi connectivity index (χ0v) is 18.4. The minimum absolute atomic E-state index is 0.110. The van der Waals surface area contributed by atoms with Gasteiger partial charge in [0, 0.05) is 23.8 Å². The van der Waals surface area contributed by atoms with Crippen molar-refractivity contribution in [3.05, 3.63) is 88.9 Å².